The molecule has 0 aromatic heterocycles. The molecule has 0 aromatic rings. The van der Waals surface area contributed by atoms with E-state index in [1.807, 2.05) is 13.8 Å². The first-order valence-electron chi connectivity index (χ1n) is 4.99. The molecular weight excluding hydrogens is 194 g/mol. The van der Waals surface area contributed by atoms with Gasteiger partial charge < -0.3 is 22.6 Å². The topological polar surface area (TPSA) is 12.5 Å². The maximum absolute atomic E-state index is 12.3. The van der Waals surface area contributed by atoms with Crippen molar-refractivity contribution in [3.8, 4) is 0 Å². The van der Waals surface area contributed by atoms with Gasteiger partial charge in [-0.1, -0.05) is 6.92 Å². The van der Waals surface area contributed by atoms with E-state index in [0.717, 1.165) is 0 Å². The molecule has 0 N–H and O–H groups in total. The van der Waals surface area contributed by atoms with Gasteiger partial charge in [-0.3, -0.25) is 0 Å². The minimum Gasteiger partial charge on any atom is -0.448 e. The van der Waals surface area contributed by atoms with E-state index in [9.17, 15) is 12.9 Å². The highest BCUT2D eigenvalue weighted by Crippen LogP contribution is 2.19. The van der Waals surface area contributed by atoms with Crippen LogP contribution in [0, 0.1) is 0 Å². The Morgan fingerprint density at radius 3 is 2.57 bits per heavy atom. The first-order chi connectivity index (χ1) is 6.42. The van der Waals surface area contributed by atoms with E-state index in [4.69, 9.17) is 4.74 Å². The highest BCUT2D eigenvalue weighted by molar-refractivity contribution is 6.58. The number of halogens is 3. The zero-order valence-electron chi connectivity index (χ0n) is 8.55. The van der Waals surface area contributed by atoms with Crippen LogP contribution in [0.3, 0.4) is 0 Å². The van der Waals surface area contributed by atoms with E-state index in [2.05, 4.69) is 0 Å². The molecule has 1 heterocycles. The number of rotatable bonds is 3. The minimum absolute atomic E-state index is 0.0744. The summed E-state index contributed by atoms with van der Waals surface area (Å²) in [6.45, 7) is -0.210. The highest BCUT2D eigenvalue weighted by Gasteiger charge is 2.32. The minimum atomic E-state index is -4.72. The summed E-state index contributed by atoms with van der Waals surface area (Å²) >= 11 is 0. The van der Waals surface area contributed by atoms with Crippen molar-refractivity contribution in [2.75, 3.05) is 19.6 Å². The molecule has 84 valence electrons. The van der Waals surface area contributed by atoms with Gasteiger partial charge in [0.25, 0.3) is 0 Å². The van der Waals surface area contributed by atoms with Gasteiger partial charge in [0.15, 0.2) is 0 Å². The third kappa shape index (κ3) is 3.50. The molecule has 1 fully saturated rings. The van der Waals surface area contributed by atoms with E-state index < -0.39 is 13.4 Å². The van der Waals surface area contributed by atoms with Gasteiger partial charge in [0.1, 0.15) is 0 Å². The van der Waals surface area contributed by atoms with E-state index >= 15 is 0 Å². The summed E-state index contributed by atoms with van der Waals surface area (Å²) < 4.78 is 42.1. The first kappa shape index (κ1) is 11.8. The summed E-state index contributed by atoms with van der Waals surface area (Å²) in [5, 5.41) is 0. The third-order valence-electron chi connectivity index (χ3n) is 2.49. The summed E-state index contributed by atoms with van der Waals surface area (Å²) in [7, 11) is 0. The van der Waals surface area contributed by atoms with Crippen LogP contribution in [0.5, 0.6) is 0 Å². The number of nitrogens with zero attached hydrogens (tertiary/aromatic N) is 1. The Balaban J connectivity index is 2.53. The van der Waals surface area contributed by atoms with Crippen molar-refractivity contribution in [2.24, 2.45) is 0 Å². The number of ether oxygens (including phenoxy) is 1. The fourth-order valence-corrected chi connectivity index (χ4v) is 1.78. The fourth-order valence-electron chi connectivity index (χ4n) is 1.78. The summed E-state index contributed by atoms with van der Waals surface area (Å²) in [5.74, 6) is 0. The molecule has 0 aliphatic carbocycles. The Labute approximate surface area is 82.5 Å². The Bertz CT molecular complexity index is 188. The molecule has 1 saturated heterocycles. The second-order valence-corrected chi connectivity index (χ2v) is 3.87. The van der Waals surface area contributed by atoms with Gasteiger partial charge in [0.05, 0.1) is 12.7 Å². The molecule has 0 aromatic carbocycles. The Hall–Kier alpha value is -0.225. The Morgan fingerprint density at radius 1 is 1.43 bits per heavy atom. The van der Waals surface area contributed by atoms with E-state index in [-0.39, 0.29) is 12.1 Å². The Kier molecular flexibility index (Phi) is 3.83. The molecule has 1 rings (SSSR count). The number of hydrogen-bond acceptors (Lipinski definition) is 2. The number of hydrogen-bond donors (Lipinski definition) is 0. The van der Waals surface area contributed by atoms with Crippen molar-refractivity contribution < 1.29 is 17.7 Å². The lowest BCUT2D eigenvalue weighted by molar-refractivity contribution is -0.0515. The standard InChI is InChI=1S/C8H16BF3NO/c1-3-8-5-14-7(2)4-13(8)6-9(10,11)12/h7-8H,3-6H2,1-2H3/q-1. The van der Waals surface area contributed by atoms with Crippen molar-refractivity contribution in [1.82, 2.24) is 4.90 Å². The molecule has 2 nitrogen and oxygen atoms in total. The van der Waals surface area contributed by atoms with Crippen molar-refractivity contribution in [3.05, 3.63) is 0 Å². The van der Waals surface area contributed by atoms with Crippen LogP contribution < -0.4 is 0 Å². The van der Waals surface area contributed by atoms with E-state index in [1.54, 1.807) is 0 Å². The number of morpholine rings is 1. The summed E-state index contributed by atoms with van der Waals surface area (Å²) in [6.07, 6.45) is -0.138. The normalized spacial score (nSPS) is 30.6. The van der Waals surface area contributed by atoms with Crippen LogP contribution in [-0.4, -0.2) is 43.6 Å². The van der Waals surface area contributed by atoms with E-state index in [1.165, 1.54) is 4.90 Å². The van der Waals surface area contributed by atoms with Crippen LogP contribution in [0.2, 0.25) is 0 Å². The first-order valence-corrected chi connectivity index (χ1v) is 4.99. The fraction of sp³-hybridized carbons (Fsp3) is 1.00. The SMILES string of the molecule is CCC1COC(C)CN1C[B-](F)(F)F. The average Bonchev–Trinajstić information content (AvgIpc) is 2.01. The second kappa shape index (κ2) is 4.53. The molecule has 0 bridgehead atoms. The zero-order chi connectivity index (χ0) is 10.8. The van der Waals surface area contributed by atoms with Gasteiger partial charge in [-0.25, -0.2) is 0 Å². The van der Waals surface area contributed by atoms with Crippen molar-refractivity contribution in [3.63, 3.8) is 0 Å². The average molecular weight is 210 g/mol. The van der Waals surface area contributed by atoms with Crippen LogP contribution >= 0.6 is 0 Å². The molecule has 2 atom stereocenters. The van der Waals surface area contributed by atoms with Crippen molar-refractivity contribution in [2.45, 2.75) is 32.4 Å². The molecule has 0 amide bonds. The molecule has 6 heteroatoms. The predicted octanol–water partition coefficient (Wildman–Crippen LogP) is 1.87. The molecule has 0 saturated carbocycles. The quantitative estimate of drug-likeness (QED) is 0.659. The second-order valence-electron chi connectivity index (χ2n) is 3.87. The zero-order valence-corrected chi connectivity index (χ0v) is 8.55. The molecule has 14 heavy (non-hydrogen) atoms. The van der Waals surface area contributed by atoms with Crippen LogP contribution in [0.25, 0.3) is 0 Å². The van der Waals surface area contributed by atoms with Crippen molar-refractivity contribution in [1.29, 1.82) is 0 Å². The summed E-state index contributed by atoms with van der Waals surface area (Å²) in [5.41, 5.74) is 0. The van der Waals surface area contributed by atoms with Crippen LogP contribution in [0.4, 0.5) is 12.9 Å². The molecular formula is C8H16BF3NO-. The molecule has 1 aliphatic heterocycles. The summed E-state index contributed by atoms with van der Waals surface area (Å²) in [4.78, 5) is 1.49. The van der Waals surface area contributed by atoms with Crippen LogP contribution in [0.15, 0.2) is 0 Å². The van der Waals surface area contributed by atoms with Crippen LogP contribution in [-0.2, 0) is 4.74 Å². The van der Waals surface area contributed by atoms with Crippen molar-refractivity contribution >= 4 is 6.98 Å². The molecule has 1 aliphatic rings. The Morgan fingerprint density at radius 2 is 2.07 bits per heavy atom. The van der Waals surface area contributed by atoms with Gasteiger partial charge in [-0.05, 0) is 19.8 Å². The lowest BCUT2D eigenvalue weighted by Gasteiger charge is -2.40. The molecule has 2 unspecified atom stereocenters. The molecule has 0 spiro atoms. The van der Waals surface area contributed by atoms with Gasteiger partial charge in [0, 0.05) is 12.6 Å². The smallest absolute Gasteiger partial charge is 0.448 e. The lowest BCUT2D eigenvalue weighted by atomic mass is 9.89. The maximum atomic E-state index is 12.3. The monoisotopic (exact) mass is 210 g/mol. The van der Waals surface area contributed by atoms with Gasteiger partial charge in [-0.15, -0.1) is 0 Å². The van der Waals surface area contributed by atoms with Crippen LogP contribution in [0.1, 0.15) is 20.3 Å². The largest absolute Gasteiger partial charge is 0.492 e. The molecule has 0 radical (unpaired) electrons. The van der Waals surface area contributed by atoms with E-state index in [0.29, 0.717) is 19.6 Å². The van der Waals surface area contributed by atoms with Gasteiger partial charge in [0.2, 0.25) is 0 Å². The van der Waals surface area contributed by atoms with Gasteiger partial charge in [-0.2, -0.15) is 0 Å². The highest BCUT2D eigenvalue weighted by atomic mass is 19.4. The predicted molar refractivity (Wildman–Crippen MR) is 50.1 cm³/mol. The maximum Gasteiger partial charge on any atom is 0.492 e. The summed E-state index contributed by atoms with van der Waals surface area (Å²) in [6, 6.07) is -0.0744. The lowest BCUT2D eigenvalue weighted by Crippen LogP contribution is -2.52. The van der Waals surface area contributed by atoms with Gasteiger partial charge >= 0.3 is 6.98 Å². The third-order valence-corrected chi connectivity index (χ3v) is 2.49.